The Hall–Kier alpha value is -1.32. The number of hydrogen-bond acceptors (Lipinski definition) is 7. The van der Waals surface area contributed by atoms with E-state index in [2.05, 4.69) is 0 Å². The van der Waals surface area contributed by atoms with Gasteiger partial charge in [0.05, 0.1) is 11.3 Å². The number of aliphatic hydroxyl groups is 1. The lowest BCUT2D eigenvalue weighted by Gasteiger charge is -2.36. The van der Waals surface area contributed by atoms with Gasteiger partial charge in [0, 0.05) is 19.3 Å². The predicted molar refractivity (Wildman–Crippen MR) is 82.4 cm³/mol. The predicted octanol–water partition coefficient (Wildman–Crippen LogP) is 0.184. The van der Waals surface area contributed by atoms with Crippen molar-refractivity contribution < 1.29 is 18.3 Å². The number of rotatable bonds is 3. The molecule has 0 aromatic carbocycles. The first-order valence-electron chi connectivity index (χ1n) is 6.42. The lowest BCUT2D eigenvalue weighted by molar-refractivity contribution is 0.0352. The number of primary amides is 1. The number of anilines is 2. The smallest absolute Gasteiger partial charge is 0.261 e. The monoisotopic (exact) mass is 333 g/mol. The highest BCUT2D eigenvalue weighted by Crippen LogP contribution is 2.42. The molecular weight excluding hydrogens is 314 g/mol. The van der Waals surface area contributed by atoms with Crippen molar-refractivity contribution in [2.24, 2.45) is 5.73 Å². The summed E-state index contributed by atoms with van der Waals surface area (Å²) < 4.78 is 24.0. The molecule has 0 spiro atoms. The SMILES string of the molecule is CC1(O)CCN(c2sc(C(N)=O)c(N)c2S(C)(=O)=O)CC1. The van der Waals surface area contributed by atoms with Crippen molar-refractivity contribution in [2.45, 2.75) is 30.3 Å². The van der Waals surface area contributed by atoms with Gasteiger partial charge in [0.25, 0.3) is 5.91 Å². The Bertz CT molecular complexity index is 669. The van der Waals surface area contributed by atoms with Crippen molar-refractivity contribution in [3.05, 3.63) is 4.88 Å². The third kappa shape index (κ3) is 3.14. The summed E-state index contributed by atoms with van der Waals surface area (Å²) in [5.74, 6) is -0.738. The molecule has 2 rings (SSSR count). The molecule has 1 aliphatic rings. The summed E-state index contributed by atoms with van der Waals surface area (Å²) in [6.07, 6.45) is 2.08. The Morgan fingerprint density at radius 2 is 1.90 bits per heavy atom. The van der Waals surface area contributed by atoms with E-state index in [9.17, 15) is 18.3 Å². The van der Waals surface area contributed by atoms with E-state index in [0.29, 0.717) is 30.9 Å². The van der Waals surface area contributed by atoms with Crippen molar-refractivity contribution in [3.8, 4) is 0 Å². The number of thiophene rings is 1. The van der Waals surface area contributed by atoms with Crippen LogP contribution in [-0.2, 0) is 9.84 Å². The number of amides is 1. The van der Waals surface area contributed by atoms with E-state index in [1.807, 2.05) is 4.90 Å². The minimum atomic E-state index is -3.58. The molecule has 21 heavy (non-hydrogen) atoms. The first kappa shape index (κ1) is 16.1. The van der Waals surface area contributed by atoms with Crippen LogP contribution in [-0.4, -0.2) is 44.4 Å². The van der Waals surface area contributed by atoms with Crippen molar-refractivity contribution in [1.82, 2.24) is 0 Å². The average Bonchev–Trinajstić information content (AvgIpc) is 2.66. The number of carbonyl (C=O) groups is 1. The van der Waals surface area contributed by atoms with Crippen LogP contribution in [0.15, 0.2) is 4.90 Å². The lowest BCUT2D eigenvalue weighted by Crippen LogP contribution is -2.42. The Balaban J connectivity index is 2.49. The molecular formula is C12H19N3O4S2. The van der Waals surface area contributed by atoms with E-state index in [1.54, 1.807) is 6.92 Å². The van der Waals surface area contributed by atoms with Crippen LogP contribution < -0.4 is 16.4 Å². The van der Waals surface area contributed by atoms with E-state index in [1.165, 1.54) is 0 Å². The molecule has 9 heteroatoms. The summed E-state index contributed by atoms with van der Waals surface area (Å²) >= 11 is 0.993. The zero-order valence-corrected chi connectivity index (χ0v) is 13.6. The first-order valence-corrected chi connectivity index (χ1v) is 9.13. The first-order chi connectivity index (χ1) is 9.53. The van der Waals surface area contributed by atoms with Gasteiger partial charge in [-0.2, -0.15) is 0 Å². The van der Waals surface area contributed by atoms with Crippen LogP contribution in [0.2, 0.25) is 0 Å². The van der Waals surface area contributed by atoms with Crippen molar-refractivity contribution >= 4 is 37.8 Å². The van der Waals surface area contributed by atoms with Crippen LogP contribution >= 0.6 is 11.3 Å². The largest absolute Gasteiger partial charge is 0.396 e. The van der Waals surface area contributed by atoms with Crippen LogP contribution in [0.1, 0.15) is 29.4 Å². The zero-order chi connectivity index (χ0) is 16.0. The average molecular weight is 333 g/mol. The van der Waals surface area contributed by atoms with E-state index in [4.69, 9.17) is 11.5 Å². The molecule has 0 saturated carbocycles. The van der Waals surface area contributed by atoms with E-state index >= 15 is 0 Å². The van der Waals surface area contributed by atoms with Gasteiger partial charge >= 0.3 is 0 Å². The van der Waals surface area contributed by atoms with Gasteiger partial charge < -0.3 is 21.5 Å². The molecule has 0 atom stereocenters. The molecule has 0 unspecified atom stereocenters. The molecule has 5 N–H and O–H groups in total. The van der Waals surface area contributed by atoms with Gasteiger partial charge in [0.2, 0.25) is 0 Å². The molecule has 1 amide bonds. The summed E-state index contributed by atoms with van der Waals surface area (Å²) in [5, 5.41) is 10.4. The van der Waals surface area contributed by atoms with Gasteiger partial charge in [-0.3, -0.25) is 4.79 Å². The van der Waals surface area contributed by atoms with Gasteiger partial charge in [-0.1, -0.05) is 0 Å². The summed E-state index contributed by atoms with van der Waals surface area (Å²) in [5.41, 5.74) is 10.2. The molecule has 0 bridgehead atoms. The second kappa shape index (κ2) is 5.15. The molecule has 0 radical (unpaired) electrons. The highest BCUT2D eigenvalue weighted by atomic mass is 32.2. The standard InChI is InChI=1S/C12H19N3O4S2/c1-12(17)3-5-15(6-4-12)11-9(21(2,18)19)7(13)8(20-11)10(14)16/h17H,3-6,13H2,1-2H3,(H2,14,16). The summed E-state index contributed by atoms with van der Waals surface area (Å²) in [7, 11) is -3.58. The number of nitrogens with zero attached hydrogens (tertiary/aromatic N) is 1. The molecule has 1 aromatic rings. The second-order valence-electron chi connectivity index (χ2n) is 5.60. The van der Waals surface area contributed by atoms with Gasteiger partial charge in [-0.05, 0) is 19.8 Å². The van der Waals surface area contributed by atoms with E-state index in [-0.39, 0.29) is 15.5 Å². The van der Waals surface area contributed by atoms with Crippen LogP contribution in [0.25, 0.3) is 0 Å². The van der Waals surface area contributed by atoms with Gasteiger partial charge in [0.1, 0.15) is 14.8 Å². The number of hydrogen-bond donors (Lipinski definition) is 3. The minimum absolute atomic E-state index is 0.0390. The van der Waals surface area contributed by atoms with Crippen LogP contribution in [0.5, 0.6) is 0 Å². The van der Waals surface area contributed by atoms with Crippen molar-refractivity contribution in [1.29, 1.82) is 0 Å². The molecule has 1 aromatic heterocycles. The van der Waals surface area contributed by atoms with E-state index in [0.717, 1.165) is 17.6 Å². The summed E-state index contributed by atoms with van der Waals surface area (Å²) in [6.45, 7) is 2.74. The maximum absolute atomic E-state index is 12.0. The number of nitrogens with two attached hydrogens (primary N) is 2. The number of piperidine rings is 1. The van der Waals surface area contributed by atoms with E-state index < -0.39 is 21.3 Å². The lowest BCUT2D eigenvalue weighted by atomic mass is 9.94. The zero-order valence-electron chi connectivity index (χ0n) is 11.9. The molecule has 1 aliphatic heterocycles. The fourth-order valence-corrected chi connectivity index (χ4v) is 4.97. The van der Waals surface area contributed by atoms with Crippen LogP contribution in [0.3, 0.4) is 0 Å². The third-order valence-electron chi connectivity index (χ3n) is 3.60. The number of carbonyl (C=O) groups excluding carboxylic acids is 1. The Morgan fingerprint density at radius 3 is 2.33 bits per heavy atom. The van der Waals surface area contributed by atoms with Gasteiger partial charge in [-0.15, -0.1) is 11.3 Å². The Labute approximate surface area is 127 Å². The molecule has 7 nitrogen and oxygen atoms in total. The third-order valence-corrected chi connectivity index (χ3v) is 6.17. The number of nitrogen functional groups attached to an aromatic ring is 1. The number of sulfone groups is 1. The highest BCUT2D eigenvalue weighted by molar-refractivity contribution is 7.91. The van der Waals surface area contributed by atoms with Gasteiger partial charge in [0.15, 0.2) is 9.84 Å². The topological polar surface area (TPSA) is 127 Å². The van der Waals surface area contributed by atoms with Crippen LogP contribution in [0.4, 0.5) is 10.7 Å². The Kier molecular flexibility index (Phi) is 3.94. The maximum atomic E-state index is 12.0. The molecule has 118 valence electrons. The highest BCUT2D eigenvalue weighted by Gasteiger charge is 2.33. The second-order valence-corrected chi connectivity index (χ2v) is 8.55. The Morgan fingerprint density at radius 1 is 1.38 bits per heavy atom. The fraction of sp³-hybridized carbons (Fsp3) is 0.583. The quantitative estimate of drug-likeness (QED) is 0.724. The summed E-state index contributed by atoms with van der Waals surface area (Å²) in [4.78, 5) is 13.3. The maximum Gasteiger partial charge on any atom is 0.261 e. The normalized spacial score (nSPS) is 18.7. The van der Waals surface area contributed by atoms with Crippen molar-refractivity contribution in [2.75, 3.05) is 30.0 Å². The van der Waals surface area contributed by atoms with Crippen LogP contribution in [0, 0.1) is 0 Å². The summed E-state index contributed by atoms with van der Waals surface area (Å²) in [6, 6.07) is 0. The molecule has 1 fully saturated rings. The molecule has 1 saturated heterocycles. The minimum Gasteiger partial charge on any atom is -0.396 e. The molecule has 2 heterocycles. The van der Waals surface area contributed by atoms with Gasteiger partial charge in [-0.25, -0.2) is 8.42 Å². The molecule has 0 aliphatic carbocycles. The fourth-order valence-electron chi connectivity index (χ4n) is 2.36. The van der Waals surface area contributed by atoms with Crippen molar-refractivity contribution in [3.63, 3.8) is 0 Å².